The van der Waals surface area contributed by atoms with Crippen molar-refractivity contribution in [3.63, 3.8) is 0 Å². The van der Waals surface area contributed by atoms with Crippen molar-refractivity contribution in [1.82, 2.24) is 28.2 Å². The second-order valence-electron chi connectivity index (χ2n) is 8.52. The van der Waals surface area contributed by atoms with Crippen LogP contribution in [0.1, 0.15) is 0 Å². The number of aromatic nitrogens is 6. The zero-order valence-electron chi connectivity index (χ0n) is 20.1. The summed E-state index contributed by atoms with van der Waals surface area (Å²) in [6.45, 7) is 0. The van der Waals surface area contributed by atoms with Gasteiger partial charge >= 0.3 is 11.4 Å². The van der Waals surface area contributed by atoms with Crippen LogP contribution in [0.3, 0.4) is 0 Å². The van der Waals surface area contributed by atoms with Crippen molar-refractivity contribution in [3.05, 3.63) is 102 Å². The van der Waals surface area contributed by atoms with Crippen LogP contribution in [0.15, 0.2) is 79.8 Å². The van der Waals surface area contributed by atoms with Crippen molar-refractivity contribution >= 4 is 43.9 Å². The minimum atomic E-state index is -0.365. The van der Waals surface area contributed by atoms with E-state index in [4.69, 9.17) is 0 Å². The molecule has 0 aliphatic heterocycles. The van der Waals surface area contributed by atoms with Crippen molar-refractivity contribution in [2.45, 2.75) is 0 Å². The summed E-state index contributed by atoms with van der Waals surface area (Å²) >= 11 is 0. The summed E-state index contributed by atoms with van der Waals surface area (Å²) in [5.41, 5.74) is 1.02. The van der Waals surface area contributed by atoms with E-state index in [0.29, 0.717) is 22.1 Å². The molecule has 10 nitrogen and oxygen atoms in total. The third-order valence-electron chi connectivity index (χ3n) is 6.26. The standard InChI is InChI=1S/2C13H11N3O2/c2*1-15-11-9(12(17)16(2)13(15)18)7-8-5-3-4-6-10(8)14-11/h2*3-7H,1-2H3. The van der Waals surface area contributed by atoms with Crippen LogP contribution in [0.2, 0.25) is 0 Å². The second-order valence-corrected chi connectivity index (χ2v) is 8.52. The van der Waals surface area contributed by atoms with Crippen LogP contribution in [0.4, 0.5) is 0 Å². The lowest BCUT2D eigenvalue weighted by atomic mass is 10.2. The Bertz CT molecular complexity index is 1930. The molecule has 0 atom stereocenters. The summed E-state index contributed by atoms with van der Waals surface area (Å²) in [6, 6.07) is 18.6. The first-order chi connectivity index (χ1) is 17.2. The SMILES string of the molecule is Cn1c(=O)c2cc3ccccc3nc2n(C)c1=O.Cn1c(=O)c2cc3ccccc3nc2n(C)c1=O. The average molecular weight is 483 g/mol. The molecule has 4 aromatic heterocycles. The summed E-state index contributed by atoms with van der Waals surface area (Å²) in [4.78, 5) is 56.5. The second kappa shape index (κ2) is 8.42. The van der Waals surface area contributed by atoms with E-state index in [-0.39, 0.29) is 22.5 Å². The van der Waals surface area contributed by atoms with E-state index < -0.39 is 0 Å². The summed E-state index contributed by atoms with van der Waals surface area (Å²) in [6.07, 6.45) is 0. The maximum Gasteiger partial charge on any atom is 0.332 e. The van der Waals surface area contributed by atoms with Gasteiger partial charge < -0.3 is 0 Å². The molecule has 180 valence electrons. The molecule has 0 spiro atoms. The van der Waals surface area contributed by atoms with Gasteiger partial charge in [0, 0.05) is 39.0 Å². The highest BCUT2D eigenvalue weighted by atomic mass is 16.2. The fraction of sp³-hybridized carbons (Fsp3) is 0.154. The number of aryl methyl sites for hydroxylation is 2. The lowest BCUT2D eigenvalue weighted by Crippen LogP contribution is -2.37. The zero-order chi connectivity index (χ0) is 25.7. The Labute approximate surface area is 202 Å². The lowest BCUT2D eigenvalue weighted by Gasteiger charge is -2.07. The molecule has 4 heterocycles. The van der Waals surface area contributed by atoms with Gasteiger partial charge in [0.15, 0.2) is 0 Å². The average Bonchev–Trinajstić information content (AvgIpc) is 2.91. The van der Waals surface area contributed by atoms with E-state index in [0.717, 1.165) is 30.9 Å². The van der Waals surface area contributed by atoms with Crippen LogP contribution in [-0.2, 0) is 28.2 Å². The van der Waals surface area contributed by atoms with E-state index in [2.05, 4.69) is 9.97 Å². The quantitative estimate of drug-likeness (QED) is 0.304. The van der Waals surface area contributed by atoms with Crippen LogP contribution in [0.25, 0.3) is 43.9 Å². The van der Waals surface area contributed by atoms with Crippen molar-refractivity contribution in [3.8, 4) is 0 Å². The van der Waals surface area contributed by atoms with Crippen LogP contribution in [0.5, 0.6) is 0 Å². The predicted octanol–water partition coefficient (Wildman–Crippen LogP) is 1.57. The molecule has 0 bridgehead atoms. The van der Waals surface area contributed by atoms with Gasteiger partial charge in [-0.15, -0.1) is 0 Å². The molecule has 0 amide bonds. The van der Waals surface area contributed by atoms with Crippen molar-refractivity contribution in [2.24, 2.45) is 28.2 Å². The molecule has 10 heteroatoms. The zero-order valence-corrected chi connectivity index (χ0v) is 20.1. The number of fused-ring (bicyclic) bond motifs is 4. The number of pyridine rings is 2. The first-order valence-corrected chi connectivity index (χ1v) is 11.1. The Morgan fingerprint density at radius 3 is 1.28 bits per heavy atom. The van der Waals surface area contributed by atoms with Gasteiger partial charge in [-0.1, -0.05) is 36.4 Å². The molecule has 0 N–H and O–H groups in total. The summed E-state index contributed by atoms with van der Waals surface area (Å²) in [5.74, 6) is 0. The van der Waals surface area contributed by atoms with Gasteiger partial charge in [-0.3, -0.25) is 27.9 Å². The third kappa shape index (κ3) is 3.50. The molecule has 6 rings (SSSR count). The molecule has 0 aliphatic carbocycles. The minimum Gasteiger partial charge on any atom is -0.280 e. The third-order valence-corrected chi connectivity index (χ3v) is 6.26. The maximum atomic E-state index is 12.1. The van der Waals surface area contributed by atoms with Crippen LogP contribution in [-0.4, -0.2) is 28.2 Å². The van der Waals surface area contributed by atoms with Gasteiger partial charge in [0.25, 0.3) is 11.1 Å². The Balaban J connectivity index is 0.000000148. The molecular weight excluding hydrogens is 460 g/mol. The molecule has 0 saturated heterocycles. The molecule has 0 radical (unpaired) electrons. The van der Waals surface area contributed by atoms with E-state index >= 15 is 0 Å². The van der Waals surface area contributed by atoms with E-state index in [9.17, 15) is 19.2 Å². The number of rotatable bonds is 0. The minimum absolute atomic E-state index is 0.314. The summed E-state index contributed by atoms with van der Waals surface area (Å²) < 4.78 is 4.98. The van der Waals surface area contributed by atoms with Crippen LogP contribution >= 0.6 is 0 Å². The van der Waals surface area contributed by atoms with Gasteiger partial charge in [-0.05, 0) is 24.3 Å². The first kappa shape index (κ1) is 22.9. The van der Waals surface area contributed by atoms with E-state index in [1.165, 1.54) is 23.2 Å². The Morgan fingerprint density at radius 2 is 0.889 bits per heavy atom. The highest BCUT2D eigenvalue weighted by Gasteiger charge is 2.11. The molecule has 6 aromatic rings. The molecule has 0 aliphatic rings. The number of benzene rings is 2. The molecule has 0 saturated carbocycles. The van der Waals surface area contributed by atoms with E-state index in [1.807, 2.05) is 48.5 Å². The monoisotopic (exact) mass is 482 g/mol. The highest BCUT2D eigenvalue weighted by Crippen LogP contribution is 2.16. The molecule has 36 heavy (non-hydrogen) atoms. The van der Waals surface area contributed by atoms with Gasteiger partial charge in [0.2, 0.25) is 0 Å². The van der Waals surface area contributed by atoms with Crippen molar-refractivity contribution in [2.75, 3.05) is 0 Å². The topological polar surface area (TPSA) is 114 Å². The summed E-state index contributed by atoms with van der Waals surface area (Å²) in [5, 5.41) is 2.69. The maximum absolute atomic E-state index is 12.1. The molecular formula is C26H22N6O4. The Morgan fingerprint density at radius 1 is 0.528 bits per heavy atom. The van der Waals surface area contributed by atoms with Crippen LogP contribution in [0, 0.1) is 0 Å². The molecule has 0 fully saturated rings. The van der Waals surface area contributed by atoms with Gasteiger partial charge in [-0.25, -0.2) is 19.6 Å². The van der Waals surface area contributed by atoms with Crippen molar-refractivity contribution in [1.29, 1.82) is 0 Å². The summed E-state index contributed by atoms with van der Waals surface area (Å²) in [7, 11) is 6.18. The number of nitrogens with zero attached hydrogens (tertiary/aromatic N) is 6. The smallest absolute Gasteiger partial charge is 0.280 e. The van der Waals surface area contributed by atoms with Gasteiger partial charge in [-0.2, -0.15) is 0 Å². The number of para-hydroxylation sites is 2. The lowest BCUT2D eigenvalue weighted by molar-refractivity contribution is 0.708. The first-order valence-electron chi connectivity index (χ1n) is 11.1. The van der Waals surface area contributed by atoms with Gasteiger partial charge in [0.05, 0.1) is 21.8 Å². The largest absolute Gasteiger partial charge is 0.332 e. The molecule has 2 aromatic carbocycles. The highest BCUT2D eigenvalue weighted by molar-refractivity contribution is 5.91. The Kier molecular flexibility index (Phi) is 5.36. The Hall–Kier alpha value is -4.86. The normalized spacial score (nSPS) is 11.2. The predicted molar refractivity (Wildman–Crippen MR) is 139 cm³/mol. The molecule has 0 unspecified atom stereocenters. The number of hydrogen-bond acceptors (Lipinski definition) is 6. The van der Waals surface area contributed by atoms with Crippen LogP contribution < -0.4 is 22.5 Å². The fourth-order valence-corrected chi connectivity index (χ4v) is 4.20. The fourth-order valence-electron chi connectivity index (χ4n) is 4.20. The van der Waals surface area contributed by atoms with Gasteiger partial charge in [0.1, 0.15) is 11.3 Å². The number of hydrogen-bond donors (Lipinski definition) is 0. The van der Waals surface area contributed by atoms with E-state index in [1.54, 1.807) is 26.2 Å². The van der Waals surface area contributed by atoms with Crippen molar-refractivity contribution < 1.29 is 0 Å².